The maximum Gasteiger partial charge on any atom is 0.317 e. The summed E-state index contributed by atoms with van der Waals surface area (Å²) in [6.45, 7) is 2.53. The number of carbonyl (C=O) groups excluding carboxylic acids is 1. The number of urea groups is 1. The van der Waals surface area contributed by atoms with Gasteiger partial charge in [-0.2, -0.15) is 0 Å². The van der Waals surface area contributed by atoms with E-state index in [2.05, 4.69) is 10.3 Å². The maximum absolute atomic E-state index is 12.4. The summed E-state index contributed by atoms with van der Waals surface area (Å²) in [5, 5.41) is 3.64. The average Bonchev–Trinajstić information content (AvgIpc) is 3.03. The van der Waals surface area contributed by atoms with E-state index in [0.717, 1.165) is 16.9 Å². The normalized spacial score (nSPS) is 12.1. The van der Waals surface area contributed by atoms with Crippen LogP contribution >= 0.6 is 11.6 Å². The van der Waals surface area contributed by atoms with Crippen molar-refractivity contribution in [2.45, 2.75) is 19.4 Å². The number of halogens is 1. The lowest BCUT2D eigenvalue weighted by Crippen LogP contribution is -2.39. The fourth-order valence-electron chi connectivity index (χ4n) is 2.67. The molecular formula is C19H21ClN4O. The lowest BCUT2D eigenvalue weighted by Gasteiger charge is -2.25. The van der Waals surface area contributed by atoms with Crippen LogP contribution in [0.25, 0.3) is 5.65 Å². The number of aromatic nitrogens is 2. The van der Waals surface area contributed by atoms with Gasteiger partial charge in [0, 0.05) is 37.4 Å². The zero-order valence-corrected chi connectivity index (χ0v) is 15.1. The molecule has 6 heteroatoms. The van der Waals surface area contributed by atoms with E-state index in [4.69, 9.17) is 11.6 Å². The predicted octanol–water partition coefficient (Wildman–Crippen LogP) is 3.93. The average molecular weight is 357 g/mol. The van der Waals surface area contributed by atoms with Crippen molar-refractivity contribution in [1.82, 2.24) is 19.6 Å². The molecule has 0 spiro atoms. The smallest absolute Gasteiger partial charge is 0.317 e. The molecule has 0 bridgehead atoms. The Morgan fingerprint density at radius 3 is 2.76 bits per heavy atom. The van der Waals surface area contributed by atoms with E-state index in [1.165, 1.54) is 0 Å². The number of pyridine rings is 1. The van der Waals surface area contributed by atoms with Gasteiger partial charge < -0.3 is 14.6 Å². The third kappa shape index (κ3) is 4.12. The van der Waals surface area contributed by atoms with Crippen LogP contribution in [0.3, 0.4) is 0 Å². The molecule has 0 saturated heterocycles. The predicted molar refractivity (Wildman–Crippen MR) is 99.9 cm³/mol. The lowest BCUT2D eigenvalue weighted by molar-refractivity contribution is 0.194. The van der Waals surface area contributed by atoms with Crippen LogP contribution in [0.4, 0.5) is 4.79 Å². The van der Waals surface area contributed by atoms with Crippen LogP contribution in [0.2, 0.25) is 5.02 Å². The van der Waals surface area contributed by atoms with Crippen molar-refractivity contribution in [3.63, 3.8) is 0 Å². The summed E-state index contributed by atoms with van der Waals surface area (Å²) in [7, 11) is 1.79. The zero-order chi connectivity index (χ0) is 17.8. The summed E-state index contributed by atoms with van der Waals surface area (Å²) in [4.78, 5) is 18.6. The van der Waals surface area contributed by atoms with Crippen LogP contribution in [0.15, 0.2) is 54.9 Å². The fourth-order valence-corrected chi connectivity index (χ4v) is 2.80. The summed E-state index contributed by atoms with van der Waals surface area (Å²) in [6.07, 6.45) is 4.64. The van der Waals surface area contributed by atoms with Crippen LogP contribution in [0.1, 0.15) is 24.2 Å². The van der Waals surface area contributed by atoms with Crippen LogP contribution in [0, 0.1) is 0 Å². The molecular weight excluding hydrogens is 336 g/mol. The second kappa shape index (κ2) is 7.57. The van der Waals surface area contributed by atoms with Gasteiger partial charge in [0.2, 0.25) is 0 Å². The zero-order valence-electron chi connectivity index (χ0n) is 14.3. The molecule has 1 atom stereocenters. The number of amides is 2. The molecule has 2 amide bonds. The highest BCUT2D eigenvalue weighted by molar-refractivity contribution is 6.30. The summed E-state index contributed by atoms with van der Waals surface area (Å²) in [6, 6.07) is 13.3. The molecule has 0 aliphatic heterocycles. The molecule has 0 saturated carbocycles. The van der Waals surface area contributed by atoms with Crippen molar-refractivity contribution in [2.24, 2.45) is 0 Å². The van der Waals surface area contributed by atoms with Crippen molar-refractivity contribution in [1.29, 1.82) is 0 Å². The summed E-state index contributed by atoms with van der Waals surface area (Å²) < 4.78 is 1.98. The van der Waals surface area contributed by atoms with Gasteiger partial charge in [-0.25, -0.2) is 9.78 Å². The van der Waals surface area contributed by atoms with Crippen molar-refractivity contribution in [2.75, 3.05) is 13.6 Å². The molecule has 2 aromatic heterocycles. The van der Waals surface area contributed by atoms with Crippen LogP contribution < -0.4 is 5.32 Å². The molecule has 3 aromatic rings. The summed E-state index contributed by atoms with van der Waals surface area (Å²) in [5.41, 5.74) is 2.92. The van der Waals surface area contributed by atoms with Crippen LogP contribution in [-0.4, -0.2) is 33.9 Å². The third-order valence-corrected chi connectivity index (χ3v) is 4.58. The van der Waals surface area contributed by atoms with Crippen molar-refractivity contribution >= 4 is 23.3 Å². The van der Waals surface area contributed by atoms with E-state index in [9.17, 15) is 4.79 Å². The third-order valence-electron chi connectivity index (χ3n) is 4.32. The van der Waals surface area contributed by atoms with E-state index in [-0.39, 0.29) is 12.1 Å². The first-order valence-corrected chi connectivity index (χ1v) is 8.61. The van der Waals surface area contributed by atoms with Gasteiger partial charge in [-0.05, 0) is 36.8 Å². The van der Waals surface area contributed by atoms with Gasteiger partial charge in [0.15, 0.2) is 0 Å². The van der Waals surface area contributed by atoms with E-state index < -0.39 is 0 Å². The lowest BCUT2D eigenvalue weighted by atomic mass is 10.1. The molecule has 0 radical (unpaired) electrons. The fraction of sp³-hybridized carbons (Fsp3) is 0.263. The molecule has 130 valence electrons. The summed E-state index contributed by atoms with van der Waals surface area (Å²) in [5.74, 6) is 0. The van der Waals surface area contributed by atoms with Gasteiger partial charge >= 0.3 is 6.03 Å². The number of nitrogens with zero attached hydrogens (tertiary/aromatic N) is 3. The van der Waals surface area contributed by atoms with Gasteiger partial charge in [0.05, 0.1) is 11.7 Å². The molecule has 25 heavy (non-hydrogen) atoms. The van der Waals surface area contributed by atoms with Crippen LogP contribution in [0.5, 0.6) is 0 Å². The number of fused-ring (bicyclic) bond motifs is 1. The Morgan fingerprint density at radius 2 is 2.04 bits per heavy atom. The quantitative estimate of drug-likeness (QED) is 0.753. The highest BCUT2D eigenvalue weighted by Crippen LogP contribution is 2.20. The largest absolute Gasteiger partial charge is 0.338 e. The maximum atomic E-state index is 12.4. The molecule has 0 aliphatic rings. The first kappa shape index (κ1) is 17.3. The Kier molecular flexibility index (Phi) is 5.24. The number of hydrogen-bond acceptors (Lipinski definition) is 2. The minimum absolute atomic E-state index is 0.0348. The van der Waals surface area contributed by atoms with Crippen molar-refractivity contribution in [3.05, 3.63) is 71.1 Å². The second-order valence-corrected chi connectivity index (χ2v) is 6.46. The Bertz CT molecular complexity index is 826. The number of rotatable bonds is 5. The molecule has 3 rings (SSSR count). The first-order valence-electron chi connectivity index (χ1n) is 8.23. The Hall–Kier alpha value is -2.53. The van der Waals surface area contributed by atoms with E-state index in [1.54, 1.807) is 11.9 Å². The van der Waals surface area contributed by atoms with Crippen molar-refractivity contribution in [3.8, 4) is 0 Å². The minimum atomic E-state index is -0.105. The first-order chi connectivity index (χ1) is 12.0. The Labute approximate surface area is 152 Å². The molecule has 2 heterocycles. The Morgan fingerprint density at radius 1 is 1.28 bits per heavy atom. The van der Waals surface area contributed by atoms with E-state index in [1.807, 2.05) is 66.2 Å². The monoisotopic (exact) mass is 356 g/mol. The number of imidazole rings is 1. The highest BCUT2D eigenvalue weighted by Gasteiger charge is 2.17. The molecule has 1 N–H and O–H groups in total. The standard InChI is InChI=1S/C19H21ClN4O/c1-14(15-6-8-16(20)9-7-15)23(2)19(25)21-11-10-17-13-24-12-4-3-5-18(24)22-17/h3-9,12-14H,10-11H2,1-2H3,(H,21,25). The number of benzene rings is 1. The summed E-state index contributed by atoms with van der Waals surface area (Å²) >= 11 is 5.91. The molecule has 0 aliphatic carbocycles. The van der Waals surface area contributed by atoms with Crippen LogP contribution in [-0.2, 0) is 6.42 Å². The number of carbonyl (C=O) groups is 1. The number of nitrogens with one attached hydrogen (secondary N) is 1. The molecule has 0 fully saturated rings. The van der Waals surface area contributed by atoms with Crippen molar-refractivity contribution < 1.29 is 4.79 Å². The van der Waals surface area contributed by atoms with E-state index >= 15 is 0 Å². The SMILES string of the molecule is CC(c1ccc(Cl)cc1)N(C)C(=O)NCCc1cn2ccccc2n1. The Balaban J connectivity index is 1.53. The second-order valence-electron chi connectivity index (χ2n) is 6.02. The van der Waals surface area contributed by atoms with Gasteiger partial charge in [0.1, 0.15) is 5.65 Å². The highest BCUT2D eigenvalue weighted by atomic mass is 35.5. The minimum Gasteiger partial charge on any atom is -0.338 e. The topological polar surface area (TPSA) is 49.6 Å². The molecule has 5 nitrogen and oxygen atoms in total. The number of hydrogen-bond donors (Lipinski definition) is 1. The van der Waals surface area contributed by atoms with Gasteiger partial charge in [-0.15, -0.1) is 0 Å². The van der Waals surface area contributed by atoms with E-state index in [0.29, 0.717) is 18.0 Å². The molecule has 1 aromatic carbocycles. The van der Waals surface area contributed by atoms with Gasteiger partial charge in [-0.3, -0.25) is 0 Å². The van der Waals surface area contributed by atoms with Gasteiger partial charge in [-0.1, -0.05) is 29.8 Å². The van der Waals surface area contributed by atoms with Gasteiger partial charge in [0.25, 0.3) is 0 Å². The molecule has 1 unspecified atom stereocenters.